The number of amides is 2. The first-order chi connectivity index (χ1) is 19.7. The van der Waals surface area contributed by atoms with Gasteiger partial charge in [-0.1, -0.05) is 32.0 Å². The third-order valence-corrected chi connectivity index (χ3v) is 7.62. The Morgan fingerprint density at radius 3 is 2.37 bits per heavy atom. The molecule has 1 saturated heterocycles. The number of para-hydroxylation sites is 1. The van der Waals surface area contributed by atoms with Gasteiger partial charge in [-0.2, -0.15) is 0 Å². The summed E-state index contributed by atoms with van der Waals surface area (Å²) in [7, 11) is 3.15. The van der Waals surface area contributed by atoms with Crippen molar-refractivity contribution in [2.24, 2.45) is 11.8 Å². The van der Waals surface area contributed by atoms with Crippen LogP contribution in [0, 0.1) is 11.8 Å². The van der Waals surface area contributed by atoms with E-state index in [1.165, 1.54) is 4.57 Å². The minimum Gasteiger partial charge on any atom is -0.493 e. The number of likely N-dealkylation sites (tertiary alicyclic amines) is 1. The number of nitrogens with one attached hydrogen (secondary N) is 1. The van der Waals surface area contributed by atoms with E-state index in [2.05, 4.69) is 19.2 Å². The predicted octanol–water partition coefficient (Wildman–Crippen LogP) is 2.82. The van der Waals surface area contributed by atoms with E-state index in [0.29, 0.717) is 66.7 Å². The second-order valence-corrected chi connectivity index (χ2v) is 11.0. The molecular formula is C31H40N4O6. The lowest BCUT2D eigenvalue weighted by Crippen LogP contribution is -2.47. The molecule has 41 heavy (non-hydrogen) atoms. The van der Waals surface area contributed by atoms with Gasteiger partial charge in [-0.25, -0.2) is 4.79 Å². The number of piperidine rings is 1. The molecule has 3 aromatic rings. The van der Waals surface area contributed by atoms with Gasteiger partial charge >= 0.3 is 5.69 Å². The number of ether oxygens (including phenoxy) is 2. The number of methoxy groups -OCH3 is 2. The third kappa shape index (κ3) is 7.17. The van der Waals surface area contributed by atoms with Crippen LogP contribution in [0.4, 0.5) is 0 Å². The van der Waals surface area contributed by atoms with Gasteiger partial charge < -0.3 is 19.7 Å². The smallest absolute Gasteiger partial charge is 0.331 e. The molecule has 2 aromatic carbocycles. The molecule has 1 aliphatic heterocycles. The van der Waals surface area contributed by atoms with Gasteiger partial charge in [-0.3, -0.25) is 23.5 Å². The molecule has 1 fully saturated rings. The second-order valence-electron chi connectivity index (χ2n) is 11.0. The van der Waals surface area contributed by atoms with Crippen molar-refractivity contribution in [1.82, 2.24) is 19.4 Å². The molecule has 0 unspecified atom stereocenters. The number of carbonyl (C=O) groups excluding carboxylic acids is 2. The molecule has 0 saturated carbocycles. The molecule has 220 valence electrons. The summed E-state index contributed by atoms with van der Waals surface area (Å²) in [5, 5.41) is 3.27. The van der Waals surface area contributed by atoms with Crippen LogP contribution in [0.1, 0.15) is 38.7 Å². The maximum absolute atomic E-state index is 13.5. The van der Waals surface area contributed by atoms with Crippen molar-refractivity contribution in [3.63, 3.8) is 0 Å². The van der Waals surface area contributed by atoms with E-state index in [1.807, 2.05) is 23.1 Å². The Morgan fingerprint density at radius 2 is 1.66 bits per heavy atom. The fourth-order valence-electron chi connectivity index (χ4n) is 5.69. The zero-order chi connectivity index (χ0) is 29.5. The maximum atomic E-state index is 13.5. The SMILES string of the molecule is COc1ccc(CCNC(=O)CCCn2c(=O)c3ccccc3n(CC(=O)N3C[C@@H](C)C[C@H](C)C3)c2=O)cc1OC. The fourth-order valence-corrected chi connectivity index (χ4v) is 5.69. The van der Waals surface area contributed by atoms with Crippen LogP contribution in [-0.4, -0.2) is 59.7 Å². The van der Waals surface area contributed by atoms with Crippen LogP contribution < -0.4 is 26.0 Å². The standard InChI is InChI=1S/C31H40N4O6/c1-21-16-22(2)19-33(18-21)29(37)20-35-25-9-6-5-8-24(25)30(38)34(31(35)39)15-7-10-28(36)32-14-13-23-11-12-26(40-3)27(17-23)41-4/h5-6,8-9,11-12,17,21-22H,7,10,13-16,18-20H2,1-4H3,(H,32,36)/t21-,22-/m0/s1. The van der Waals surface area contributed by atoms with Crippen LogP contribution in [0.3, 0.4) is 0 Å². The van der Waals surface area contributed by atoms with Crippen molar-refractivity contribution < 1.29 is 19.1 Å². The van der Waals surface area contributed by atoms with Crippen LogP contribution >= 0.6 is 0 Å². The largest absolute Gasteiger partial charge is 0.493 e. The number of benzene rings is 2. The van der Waals surface area contributed by atoms with Crippen molar-refractivity contribution in [2.45, 2.75) is 52.6 Å². The first-order valence-electron chi connectivity index (χ1n) is 14.2. The molecule has 10 heteroatoms. The van der Waals surface area contributed by atoms with Crippen LogP contribution in [0.25, 0.3) is 10.9 Å². The van der Waals surface area contributed by atoms with Crippen molar-refractivity contribution >= 4 is 22.7 Å². The van der Waals surface area contributed by atoms with Crippen LogP contribution in [-0.2, 0) is 29.1 Å². The fraction of sp³-hybridized carbons (Fsp3) is 0.484. The van der Waals surface area contributed by atoms with Gasteiger partial charge in [0.15, 0.2) is 11.5 Å². The predicted molar refractivity (Wildman–Crippen MR) is 157 cm³/mol. The Bertz CT molecular complexity index is 1500. The highest BCUT2D eigenvalue weighted by Gasteiger charge is 2.26. The molecule has 2 heterocycles. The van der Waals surface area contributed by atoms with E-state index in [1.54, 1.807) is 38.5 Å². The molecule has 1 N–H and O–H groups in total. The molecule has 2 amide bonds. The molecule has 0 spiro atoms. The van der Waals surface area contributed by atoms with Gasteiger partial charge in [0.1, 0.15) is 6.54 Å². The Balaban J connectivity index is 1.40. The number of fused-ring (bicyclic) bond motifs is 1. The summed E-state index contributed by atoms with van der Waals surface area (Å²) in [6.07, 6.45) is 2.16. The van der Waals surface area contributed by atoms with E-state index in [0.717, 1.165) is 16.6 Å². The van der Waals surface area contributed by atoms with Gasteiger partial charge in [-0.15, -0.1) is 0 Å². The van der Waals surface area contributed by atoms with Crippen molar-refractivity contribution in [3.8, 4) is 11.5 Å². The zero-order valence-electron chi connectivity index (χ0n) is 24.4. The monoisotopic (exact) mass is 564 g/mol. The van der Waals surface area contributed by atoms with Crippen molar-refractivity contribution in [2.75, 3.05) is 33.9 Å². The summed E-state index contributed by atoms with van der Waals surface area (Å²) < 4.78 is 13.1. The lowest BCUT2D eigenvalue weighted by Gasteiger charge is -2.35. The molecule has 4 rings (SSSR count). The summed E-state index contributed by atoms with van der Waals surface area (Å²) in [6, 6.07) is 12.5. The summed E-state index contributed by atoms with van der Waals surface area (Å²) in [5.74, 6) is 1.77. The second kappa shape index (κ2) is 13.5. The van der Waals surface area contributed by atoms with E-state index in [9.17, 15) is 19.2 Å². The first kappa shape index (κ1) is 29.9. The van der Waals surface area contributed by atoms with E-state index >= 15 is 0 Å². The van der Waals surface area contributed by atoms with Gasteiger partial charge in [0.2, 0.25) is 11.8 Å². The highest BCUT2D eigenvalue weighted by molar-refractivity contribution is 5.81. The minimum absolute atomic E-state index is 0.0809. The lowest BCUT2D eigenvalue weighted by molar-refractivity contribution is -0.134. The highest BCUT2D eigenvalue weighted by atomic mass is 16.5. The van der Waals surface area contributed by atoms with Gasteiger partial charge in [0, 0.05) is 32.6 Å². The topological polar surface area (TPSA) is 112 Å². The molecule has 0 bridgehead atoms. The minimum atomic E-state index is -0.533. The number of hydrogen-bond acceptors (Lipinski definition) is 6. The Morgan fingerprint density at radius 1 is 0.951 bits per heavy atom. The number of rotatable bonds is 11. The lowest BCUT2D eigenvalue weighted by atomic mass is 9.92. The molecular weight excluding hydrogens is 524 g/mol. The number of nitrogens with zero attached hydrogens (tertiary/aromatic N) is 3. The maximum Gasteiger partial charge on any atom is 0.331 e. The van der Waals surface area contributed by atoms with Crippen LogP contribution in [0.5, 0.6) is 11.5 Å². The number of hydrogen-bond donors (Lipinski definition) is 1. The van der Waals surface area contributed by atoms with Gasteiger partial charge in [0.05, 0.1) is 25.1 Å². The van der Waals surface area contributed by atoms with Gasteiger partial charge in [-0.05, 0) is 60.9 Å². The Labute approximate surface area is 239 Å². The average molecular weight is 565 g/mol. The van der Waals surface area contributed by atoms with Crippen molar-refractivity contribution in [1.29, 1.82) is 0 Å². The Hall–Kier alpha value is -4.08. The molecule has 1 aliphatic rings. The van der Waals surface area contributed by atoms with Gasteiger partial charge in [0.25, 0.3) is 5.56 Å². The third-order valence-electron chi connectivity index (χ3n) is 7.62. The summed E-state index contributed by atoms with van der Waals surface area (Å²) in [5.41, 5.74) is 0.490. The summed E-state index contributed by atoms with van der Waals surface area (Å²) >= 11 is 0. The first-order valence-corrected chi connectivity index (χ1v) is 14.2. The molecule has 2 atom stereocenters. The molecule has 0 radical (unpaired) electrons. The summed E-state index contributed by atoms with van der Waals surface area (Å²) in [4.78, 5) is 54.3. The molecule has 0 aliphatic carbocycles. The van der Waals surface area contributed by atoms with Crippen LogP contribution in [0.2, 0.25) is 0 Å². The number of aromatic nitrogens is 2. The van der Waals surface area contributed by atoms with E-state index < -0.39 is 11.2 Å². The quantitative estimate of drug-likeness (QED) is 0.383. The molecule has 1 aromatic heterocycles. The summed E-state index contributed by atoms with van der Waals surface area (Å²) in [6.45, 7) is 5.97. The Kier molecular flexibility index (Phi) is 9.86. The zero-order valence-corrected chi connectivity index (χ0v) is 24.4. The van der Waals surface area contributed by atoms with E-state index in [4.69, 9.17) is 9.47 Å². The highest BCUT2D eigenvalue weighted by Crippen LogP contribution is 2.27. The number of carbonyl (C=O) groups is 2. The van der Waals surface area contributed by atoms with Crippen molar-refractivity contribution in [3.05, 3.63) is 68.9 Å². The normalized spacial score (nSPS) is 16.9. The van der Waals surface area contributed by atoms with E-state index in [-0.39, 0.29) is 31.3 Å². The average Bonchev–Trinajstić information content (AvgIpc) is 2.96. The van der Waals surface area contributed by atoms with Crippen LogP contribution in [0.15, 0.2) is 52.1 Å². The molecule has 10 nitrogen and oxygen atoms in total.